The van der Waals surface area contributed by atoms with Crippen molar-refractivity contribution in [3.8, 4) is 0 Å². The van der Waals surface area contributed by atoms with Crippen LogP contribution < -0.4 is 5.73 Å². The van der Waals surface area contributed by atoms with Crippen molar-refractivity contribution in [3.63, 3.8) is 0 Å². The Hall–Kier alpha value is -0.340. The second-order valence-electron chi connectivity index (χ2n) is 6.67. The number of hydrogen-bond acceptors (Lipinski definition) is 2. The fourth-order valence-corrected chi connectivity index (χ4v) is 6.29. The van der Waals surface area contributed by atoms with Crippen LogP contribution >= 0.6 is 11.3 Å². The van der Waals surface area contributed by atoms with E-state index in [9.17, 15) is 0 Å². The molecule has 4 aliphatic carbocycles. The van der Waals surface area contributed by atoms with Crippen molar-refractivity contribution in [1.82, 2.24) is 0 Å². The van der Waals surface area contributed by atoms with Crippen LogP contribution in [0.2, 0.25) is 0 Å². The summed E-state index contributed by atoms with van der Waals surface area (Å²) in [5, 5.41) is 0. The molecular weight excluding hydrogens is 226 g/mol. The summed E-state index contributed by atoms with van der Waals surface area (Å²) >= 11 is 2.00. The van der Waals surface area contributed by atoms with Crippen molar-refractivity contribution in [3.05, 3.63) is 21.9 Å². The number of rotatable bonds is 2. The molecule has 1 heterocycles. The Morgan fingerprint density at radius 2 is 1.65 bits per heavy atom. The van der Waals surface area contributed by atoms with Crippen molar-refractivity contribution < 1.29 is 0 Å². The molecule has 0 amide bonds. The molecule has 0 spiro atoms. The summed E-state index contributed by atoms with van der Waals surface area (Å²) in [6, 6.07) is 4.65. The van der Waals surface area contributed by atoms with Crippen molar-refractivity contribution >= 4 is 11.3 Å². The van der Waals surface area contributed by atoms with E-state index in [1.165, 1.54) is 43.4 Å². The van der Waals surface area contributed by atoms with E-state index in [1.807, 2.05) is 11.3 Å². The first-order chi connectivity index (χ1) is 8.27. The SMILES string of the molecule is NCc1ccc(C23CC4CC(CC(C4)C2)C3)s1. The lowest BCUT2D eigenvalue weighted by molar-refractivity contribution is -0.00346. The summed E-state index contributed by atoms with van der Waals surface area (Å²) in [6.45, 7) is 0.719. The summed E-state index contributed by atoms with van der Waals surface area (Å²) in [6.07, 6.45) is 9.04. The first-order valence-corrected chi connectivity index (χ1v) is 7.88. The average molecular weight is 247 g/mol. The van der Waals surface area contributed by atoms with Crippen LogP contribution in [0, 0.1) is 17.8 Å². The maximum absolute atomic E-state index is 5.77. The smallest absolute Gasteiger partial charge is 0.0273 e. The van der Waals surface area contributed by atoms with E-state index in [0.29, 0.717) is 5.41 Å². The highest BCUT2D eigenvalue weighted by atomic mass is 32.1. The second kappa shape index (κ2) is 3.58. The van der Waals surface area contributed by atoms with Gasteiger partial charge < -0.3 is 5.73 Å². The standard InChI is InChI=1S/C15H21NS/c16-9-13-1-2-14(17-13)15-6-10-3-11(7-15)5-12(4-10)8-15/h1-2,10-12H,3-9,16H2. The quantitative estimate of drug-likeness (QED) is 0.847. The number of nitrogens with two attached hydrogens (primary N) is 1. The largest absolute Gasteiger partial charge is 0.326 e. The lowest BCUT2D eigenvalue weighted by Crippen LogP contribution is -2.48. The zero-order valence-corrected chi connectivity index (χ0v) is 11.1. The maximum atomic E-state index is 5.77. The summed E-state index contributed by atoms with van der Waals surface area (Å²) in [5.41, 5.74) is 6.34. The van der Waals surface area contributed by atoms with Gasteiger partial charge in [0.25, 0.3) is 0 Å². The first kappa shape index (κ1) is 10.6. The predicted octanol–water partition coefficient (Wildman–Crippen LogP) is 3.67. The van der Waals surface area contributed by atoms with Crippen LogP contribution in [0.15, 0.2) is 12.1 Å². The third kappa shape index (κ3) is 1.53. The van der Waals surface area contributed by atoms with Gasteiger partial charge in [-0.3, -0.25) is 0 Å². The summed E-state index contributed by atoms with van der Waals surface area (Å²) in [4.78, 5) is 3.03. The molecule has 0 aromatic carbocycles. The minimum Gasteiger partial charge on any atom is -0.326 e. The summed E-state index contributed by atoms with van der Waals surface area (Å²) in [5.74, 6) is 3.14. The van der Waals surface area contributed by atoms with Crippen LogP contribution in [0.5, 0.6) is 0 Å². The summed E-state index contributed by atoms with van der Waals surface area (Å²) in [7, 11) is 0. The zero-order chi connectivity index (χ0) is 11.5. The topological polar surface area (TPSA) is 26.0 Å². The molecule has 2 N–H and O–H groups in total. The fourth-order valence-electron chi connectivity index (χ4n) is 5.19. The molecule has 1 aromatic rings. The Morgan fingerprint density at radius 1 is 1.06 bits per heavy atom. The molecule has 4 aliphatic rings. The van der Waals surface area contributed by atoms with Crippen molar-refractivity contribution in [1.29, 1.82) is 0 Å². The zero-order valence-electron chi connectivity index (χ0n) is 10.3. The lowest BCUT2D eigenvalue weighted by Gasteiger charge is -2.56. The van der Waals surface area contributed by atoms with Crippen molar-refractivity contribution in [2.45, 2.75) is 50.5 Å². The molecule has 4 bridgehead atoms. The van der Waals surface area contributed by atoms with Gasteiger partial charge in [-0.25, -0.2) is 0 Å². The van der Waals surface area contributed by atoms with Gasteiger partial charge in [0.15, 0.2) is 0 Å². The van der Waals surface area contributed by atoms with Crippen LogP contribution in [-0.4, -0.2) is 0 Å². The van der Waals surface area contributed by atoms with Gasteiger partial charge in [0.2, 0.25) is 0 Å². The minimum atomic E-state index is 0.576. The third-order valence-electron chi connectivity index (χ3n) is 5.42. The van der Waals surface area contributed by atoms with Crippen LogP contribution in [0.1, 0.15) is 48.3 Å². The van der Waals surface area contributed by atoms with Gasteiger partial charge in [-0.05, 0) is 68.4 Å². The van der Waals surface area contributed by atoms with E-state index in [-0.39, 0.29) is 0 Å². The van der Waals surface area contributed by atoms with E-state index in [0.717, 1.165) is 24.3 Å². The molecule has 1 aromatic heterocycles. The van der Waals surface area contributed by atoms with E-state index in [1.54, 1.807) is 4.88 Å². The van der Waals surface area contributed by atoms with E-state index in [4.69, 9.17) is 5.73 Å². The number of thiophene rings is 1. The normalized spacial score (nSPS) is 43.2. The van der Waals surface area contributed by atoms with Crippen molar-refractivity contribution in [2.75, 3.05) is 0 Å². The minimum absolute atomic E-state index is 0.576. The highest BCUT2D eigenvalue weighted by Gasteiger charge is 2.52. The molecule has 0 unspecified atom stereocenters. The Morgan fingerprint density at radius 3 is 2.12 bits per heavy atom. The Bertz CT molecular complexity index is 399. The highest BCUT2D eigenvalue weighted by Crippen LogP contribution is 2.61. The van der Waals surface area contributed by atoms with E-state index >= 15 is 0 Å². The van der Waals surface area contributed by atoms with Crippen LogP contribution in [0.4, 0.5) is 0 Å². The van der Waals surface area contributed by atoms with E-state index < -0.39 is 0 Å². The predicted molar refractivity (Wildman–Crippen MR) is 72.1 cm³/mol. The molecule has 17 heavy (non-hydrogen) atoms. The van der Waals surface area contributed by atoms with Gasteiger partial charge >= 0.3 is 0 Å². The Balaban J connectivity index is 1.72. The van der Waals surface area contributed by atoms with Gasteiger partial charge in [0.05, 0.1) is 0 Å². The summed E-state index contributed by atoms with van der Waals surface area (Å²) < 4.78 is 0. The molecule has 4 saturated carbocycles. The van der Waals surface area contributed by atoms with Gasteiger partial charge in [0.1, 0.15) is 0 Å². The maximum Gasteiger partial charge on any atom is 0.0273 e. The van der Waals surface area contributed by atoms with Gasteiger partial charge in [-0.15, -0.1) is 11.3 Å². The van der Waals surface area contributed by atoms with E-state index in [2.05, 4.69) is 12.1 Å². The Labute approximate surface area is 107 Å². The molecule has 0 radical (unpaired) electrons. The van der Waals surface area contributed by atoms with Crippen LogP contribution in [-0.2, 0) is 12.0 Å². The van der Waals surface area contributed by atoms with Gasteiger partial charge in [-0.2, -0.15) is 0 Å². The van der Waals surface area contributed by atoms with Gasteiger partial charge in [0, 0.05) is 21.7 Å². The molecule has 0 atom stereocenters. The molecular formula is C15H21NS. The Kier molecular flexibility index (Phi) is 2.23. The molecule has 0 saturated heterocycles. The van der Waals surface area contributed by atoms with Gasteiger partial charge in [-0.1, -0.05) is 0 Å². The second-order valence-corrected chi connectivity index (χ2v) is 7.84. The molecule has 5 rings (SSSR count). The average Bonchev–Trinajstić information content (AvgIpc) is 2.76. The molecule has 4 fully saturated rings. The molecule has 0 aliphatic heterocycles. The number of hydrogen-bond donors (Lipinski definition) is 1. The molecule has 2 heteroatoms. The van der Waals surface area contributed by atoms with Crippen LogP contribution in [0.25, 0.3) is 0 Å². The fraction of sp³-hybridized carbons (Fsp3) is 0.733. The van der Waals surface area contributed by atoms with Crippen LogP contribution in [0.3, 0.4) is 0 Å². The van der Waals surface area contributed by atoms with Crippen molar-refractivity contribution in [2.24, 2.45) is 23.5 Å². The lowest BCUT2D eigenvalue weighted by atomic mass is 9.49. The molecule has 92 valence electrons. The highest BCUT2D eigenvalue weighted by molar-refractivity contribution is 7.12. The first-order valence-electron chi connectivity index (χ1n) is 7.07. The molecule has 1 nitrogen and oxygen atoms in total. The third-order valence-corrected chi connectivity index (χ3v) is 6.78. The monoisotopic (exact) mass is 247 g/mol.